The van der Waals surface area contributed by atoms with Gasteiger partial charge >= 0.3 is 0 Å². The van der Waals surface area contributed by atoms with Gasteiger partial charge in [0.05, 0.1) is 17.8 Å². The molecule has 0 spiro atoms. The summed E-state index contributed by atoms with van der Waals surface area (Å²) >= 11 is 0. The minimum atomic E-state index is 0.327. The maximum absolute atomic E-state index is 10.0. The van der Waals surface area contributed by atoms with E-state index in [2.05, 4.69) is 20.0 Å². The lowest BCUT2D eigenvalue weighted by atomic mass is 10.2. The monoisotopic (exact) mass is 354 g/mol. The van der Waals surface area contributed by atoms with Crippen molar-refractivity contribution >= 4 is 5.69 Å². The average molecular weight is 354 g/mol. The first-order valence-electron chi connectivity index (χ1n) is 8.75. The molecule has 0 atom stereocenters. The van der Waals surface area contributed by atoms with Crippen LogP contribution in [0.3, 0.4) is 0 Å². The first-order chi connectivity index (χ1) is 12.6. The van der Waals surface area contributed by atoms with Gasteiger partial charge in [-0.1, -0.05) is 12.1 Å². The molecule has 0 aliphatic carbocycles. The van der Waals surface area contributed by atoms with Crippen molar-refractivity contribution in [2.45, 2.75) is 20.4 Å². The van der Waals surface area contributed by atoms with Gasteiger partial charge in [-0.25, -0.2) is 0 Å². The summed E-state index contributed by atoms with van der Waals surface area (Å²) in [5.41, 5.74) is 1.74. The number of piperazine rings is 1. The summed E-state index contributed by atoms with van der Waals surface area (Å²) in [5, 5.41) is 18.3. The van der Waals surface area contributed by atoms with Crippen LogP contribution in [0.5, 0.6) is 5.75 Å². The van der Waals surface area contributed by atoms with E-state index in [1.165, 1.54) is 0 Å². The molecule has 7 nitrogen and oxygen atoms in total. The molecule has 26 heavy (non-hydrogen) atoms. The molecule has 1 saturated heterocycles. The highest BCUT2D eigenvalue weighted by molar-refractivity contribution is 5.58. The van der Waals surface area contributed by atoms with Crippen LogP contribution in [-0.2, 0) is 6.54 Å². The Morgan fingerprint density at radius 1 is 1.04 bits per heavy atom. The van der Waals surface area contributed by atoms with Crippen LogP contribution >= 0.6 is 0 Å². The van der Waals surface area contributed by atoms with E-state index < -0.39 is 0 Å². The van der Waals surface area contributed by atoms with Crippen LogP contribution in [-0.4, -0.2) is 46.4 Å². The summed E-state index contributed by atoms with van der Waals surface area (Å²) in [7, 11) is 0. The molecule has 2 aromatic heterocycles. The second-order valence-electron chi connectivity index (χ2n) is 6.58. The van der Waals surface area contributed by atoms with Crippen LogP contribution < -0.4 is 4.90 Å². The Bertz CT molecular complexity index is 894. The molecular formula is C19H22N4O3. The lowest BCUT2D eigenvalue weighted by Crippen LogP contribution is -2.46. The second kappa shape index (κ2) is 6.84. The van der Waals surface area contributed by atoms with Gasteiger partial charge in [0.1, 0.15) is 17.3 Å². The molecule has 136 valence electrons. The number of aromatic nitrogens is 2. The van der Waals surface area contributed by atoms with E-state index in [1.807, 2.05) is 38.1 Å². The van der Waals surface area contributed by atoms with E-state index >= 15 is 0 Å². The third-order valence-corrected chi connectivity index (χ3v) is 4.69. The number of hydrogen-bond acceptors (Lipinski definition) is 7. The van der Waals surface area contributed by atoms with Crippen LogP contribution in [0.15, 0.2) is 39.2 Å². The van der Waals surface area contributed by atoms with Gasteiger partial charge in [0, 0.05) is 26.2 Å². The Kier molecular flexibility index (Phi) is 4.38. The Balaban J connectivity index is 1.38. The van der Waals surface area contributed by atoms with Crippen molar-refractivity contribution in [3.8, 4) is 17.2 Å². The SMILES string of the molecule is Cc1cc(-c2nnc(CN3CCN(c4ccccc4O)CC3)o2)c(C)o1. The smallest absolute Gasteiger partial charge is 0.251 e. The van der Waals surface area contributed by atoms with Gasteiger partial charge in [-0.15, -0.1) is 10.2 Å². The lowest BCUT2D eigenvalue weighted by molar-refractivity contribution is 0.226. The molecule has 3 heterocycles. The van der Waals surface area contributed by atoms with Crippen molar-refractivity contribution in [2.24, 2.45) is 0 Å². The molecule has 1 fully saturated rings. The zero-order chi connectivity index (χ0) is 18.1. The Labute approximate surface area is 151 Å². The standard InChI is InChI=1S/C19H22N4O3/c1-13-11-15(14(2)25-13)19-21-20-18(26-19)12-22-7-9-23(10-8-22)16-5-3-4-6-17(16)24/h3-6,11,24H,7-10,12H2,1-2H3. The third-order valence-electron chi connectivity index (χ3n) is 4.69. The zero-order valence-electron chi connectivity index (χ0n) is 15.0. The zero-order valence-corrected chi connectivity index (χ0v) is 15.0. The average Bonchev–Trinajstić information content (AvgIpc) is 3.22. The van der Waals surface area contributed by atoms with Gasteiger partial charge in [0.15, 0.2) is 0 Å². The minimum absolute atomic E-state index is 0.327. The Hall–Kier alpha value is -2.80. The highest BCUT2D eigenvalue weighted by Crippen LogP contribution is 2.28. The molecule has 1 aliphatic heterocycles. The minimum Gasteiger partial charge on any atom is -0.506 e. The number of furan rings is 1. The molecular weight excluding hydrogens is 332 g/mol. The predicted molar refractivity (Wildman–Crippen MR) is 97.1 cm³/mol. The Morgan fingerprint density at radius 3 is 2.50 bits per heavy atom. The molecule has 1 aliphatic rings. The first-order valence-corrected chi connectivity index (χ1v) is 8.75. The molecule has 1 N–H and O–H groups in total. The van der Waals surface area contributed by atoms with E-state index in [1.54, 1.807) is 6.07 Å². The number of aryl methyl sites for hydroxylation is 2. The van der Waals surface area contributed by atoms with E-state index in [0.717, 1.165) is 49.0 Å². The van der Waals surface area contributed by atoms with Gasteiger partial charge in [-0.2, -0.15) is 0 Å². The summed E-state index contributed by atoms with van der Waals surface area (Å²) < 4.78 is 11.3. The number of phenolic OH excluding ortho intramolecular Hbond substituents is 1. The van der Waals surface area contributed by atoms with Gasteiger partial charge in [-0.3, -0.25) is 4.90 Å². The van der Waals surface area contributed by atoms with E-state index in [4.69, 9.17) is 8.83 Å². The molecule has 0 bridgehead atoms. The first kappa shape index (κ1) is 16.7. The summed E-state index contributed by atoms with van der Waals surface area (Å²) in [6.45, 7) is 7.85. The molecule has 3 aromatic rings. The number of phenols is 1. The van der Waals surface area contributed by atoms with E-state index in [0.29, 0.717) is 24.1 Å². The highest BCUT2D eigenvalue weighted by Gasteiger charge is 2.21. The van der Waals surface area contributed by atoms with E-state index in [9.17, 15) is 5.11 Å². The van der Waals surface area contributed by atoms with Crippen LogP contribution in [0.1, 0.15) is 17.4 Å². The summed E-state index contributed by atoms with van der Waals surface area (Å²) in [5.74, 6) is 3.05. The fourth-order valence-corrected chi connectivity index (χ4v) is 3.34. The normalized spacial score (nSPS) is 15.5. The molecule has 0 amide bonds. The maximum atomic E-state index is 10.0. The number of rotatable bonds is 4. The van der Waals surface area contributed by atoms with Crippen molar-refractivity contribution in [2.75, 3.05) is 31.1 Å². The number of anilines is 1. The number of nitrogens with zero attached hydrogens (tertiary/aromatic N) is 4. The fraction of sp³-hybridized carbons (Fsp3) is 0.368. The van der Waals surface area contributed by atoms with Crippen LogP contribution in [0.25, 0.3) is 11.5 Å². The quantitative estimate of drug-likeness (QED) is 0.771. The molecule has 0 unspecified atom stereocenters. The number of hydrogen-bond donors (Lipinski definition) is 1. The van der Waals surface area contributed by atoms with Crippen LogP contribution in [0.4, 0.5) is 5.69 Å². The highest BCUT2D eigenvalue weighted by atomic mass is 16.4. The van der Waals surface area contributed by atoms with Crippen molar-refractivity contribution in [3.63, 3.8) is 0 Å². The van der Waals surface area contributed by atoms with Crippen LogP contribution in [0.2, 0.25) is 0 Å². The Morgan fingerprint density at radius 2 is 1.81 bits per heavy atom. The maximum Gasteiger partial charge on any atom is 0.251 e. The van der Waals surface area contributed by atoms with Crippen molar-refractivity contribution in [1.82, 2.24) is 15.1 Å². The van der Waals surface area contributed by atoms with Gasteiger partial charge in [-0.05, 0) is 32.0 Å². The summed E-state index contributed by atoms with van der Waals surface area (Å²) in [6, 6.07) is 9.37. The molecule has 0 radical (unpaired) electrons. The van der Waals surface area contributed by atoms with Gasteiger partial charge in [0.2, 0.25) is 5.89 Å². The number of aromatic hydroxyl groups is 1. The van der Waals surface area contributed by atoms with E-state index in [-0.39, 0.29) is 0 Å². The van der Waals surface area contributed by atoms with Gasteiger partial charge < -0.3 is 18.8 Å². The molecule has 0 saturated carbocycles. The van der Waals surface area contributed by atoms with Crippen molar-refractivity contribution in [3.05, 3.63) is 47.7 Å². The predicted octanol–water partition coefficient (Wildman–Crippen LogP) is 2.97. The fourth-order valence-electron chi connectivity index (χ4n) is 3.34. The molecule has 4 rings (SSSR count). The second-order valence-corrected chi connectivity index (χ2v) is 6.58. The number of para-hydroxylation sites is 2. The third kappa shape index (κ3) is 3.30. The topological polar surface area (TPSA) is 78.8 Å². The summed E-state index contributed by atoms with van der Waals surface area (Å²) in [4.78, 5) is 4.48. The largest absolute Gasteiger partial charge is 0.506 e. The van der Waals surface area contributed by atoms with Crippen LogP contribution in [0, 0.1) is 13.8 Å². The summed E-state index contributed by atoms with van der Waals surface area (Å²) in [6.07, 6.45) is 0. The molecule has 1 aromatic carbocycles. The van der Waals surface area contributed by atoms with Crippen molar-refractivity contribution in [1.29, 1.82) is 0 Å². The van der Waals surface area contributed by atoms with Crippen molar-refractivity contribution < 1.29 is 13.9 Å². The molecule has 7 heteroatoms. The lowest BCUT2D eigenvalue weighted by Gasteiger charge is -2.35. The number of benzene rings is 1. The van der Waals surface area contributed by atoms with Gasteiger partial charge in [0.25, 0.3) is 5.89 Å².